The maximum absolute atomic E-state index is 13.8. The number of hydrogen-bond acceptors (Lipinski definition) is 18. The SMILES string of the molecule is CC[C@H](C)[C@H](NC(=O)CNC(=O)CNC(=O)[C@H](C[C@@H](O)CO)NC[C@@H]1CCCN1C(=O)[C@H](CC(=O)NCc1ccc(NC(=O)[C@H](C)NC(=O)CNC(=O)CCN2C(=O)CC(S)C2=O)cc1)NC)C(=O)NCC(=O)NCC=O. The van der Waals surface area contributed by atoms with E-state index in [9.17, 15) is 72.5 Å². The molecule has 1 aromatic rings. The van der Waals surface area contributed by atoms with Crippen LogP contribution in [-0.2, 0) is 68.9 Å². The van der Waals surface area contributed by atoms with Crippen LogP contribution in [0.15, 0.2) is 24.3 Å². The highest BCUT2D eigenvalue weighted by molar-refractivity contribution is 7.81. The lowest BCUT2D eigenvalue weighted by Crippen LogP contribution is -2.55. The molecule has 1 aromatic carbocycles. The zero-order valence-corrected chi connectivity index (χ0v) is 44.5. The minimum atomic E-state index is -1.32. The van der Waals surface area contributed by atoms with E-state index in [-0.39, 0.29) is 63.7 Å². The first kappa shape index (κ1) is 64.2. The molecule has 2 saturated heterocycles. The standard InChI is InChI=1S/C48H73N13O15S/c1-5-27(2)43(46(74)56-22-38(67)50-13-16-62)59-41(70)25-54-39(68)23-55-45(73)33(17-32(64)26-63)51-21-31-7-6-14-60(31)47(75)34(49-4)18-37(66)52-20-29-8-10-30(11-9-29)58-44(72)28(3)57-40(69)24-53-36(65)12-15-61-42(71)19-35(77)48(61)76/h8-11,16,27-28,31-35,43,49,51,63-64,77H,5-7,12-15,17-26H2,1-4H3,(H,50,67)(H,52,66)(H,53,65)(H,54,68)(H,55,73)(H,56,74)(H,57,69)(H,58,72)(H,59,70)/t27-,28-,31-,32+,33-,34-,35?,43-/m0/s1. The topological polar surface area (TPSA) is 401 Å². The van der Waals surface area contributed by atoms with Crippen LogP contribution in [0.25, 0.3) is 0 Å². The van der Waals surface area contributed by atoms with Crippen LogP contribution in [0.3, 0.4) is 0 Å². The molecule has 8 atom stereocenters. The van der Waals surface area contributed by atoms with Gasteiger partial charge >= 0.3 is 0 Å². The number of rotatable bonds is 33. The predicted octanol–water partition coefficient (Wildman–Crippen LogP) is -5.83. The molecule has 29 heteroatoms. The molecular weight excluding hydrogens is 1030 g/mol. The highest BCUT2D eigenvalue weighted by Gasteiger charge is 2.37. The molecule has 0 aliphatic carbocycles. The summed E-state index contributed by atoms with van der Waals surface area (Å²) >= 11 is 4.03. The number of benzene rings is 1. The van der Waals surface area contributed by atoms with Crippen molar-refractivity contribution in [3.8, 4) is 0 Å². The van der Waals surface area contributed by atoms with Crippen molar-refractivity contribution in [2.45, 2.75) is 114 Å². The van der Waals surface area contributed by atoms with Crippen molar-refractivity contribution in [2.24, 2.45) is 5.92 Å². The molecule has 0 saturated carbocycles. The monoisotopic (exact) mass is 1100 g/mol. The molecule has 77 heavy (non-hydrogen) atoms. The predicted molar refractivity (Wildman–Crippen MR) is 277 cm³/mol. The van der Waals surface area contributed by atoms with Gasteiger partial charge in [0.2, 0.25) is 70.9 Å². The lowest BCUT2D eigenvalue weighted by Gasteiger charge is -2.30. The van der Waals surface area contributed by atoms with Crippen molar-refractivity contribution < 1.29 is 72.5 Å². The average Bonchev–Trinajstić information content (AvgIpc) is 3.99. The molecule has 426 valence electrons. The van der Waals surface area contributed by atoms with Gasteiger partial charge in [0.1, 0.15) is 18.4 Å². The summed E-state index contributed by atoms with van der Waals surface area (Å²) in [5.74, 6) is -7.33. The largest absolute Gasteiger partial charge is 0.394 e. The zero-order chi connectivity index (χ0) is 57.2. The van der Waals surface area contributed by atoms with Crippen molar-refractivity contribution in [1.29, 1.82) is 0 Å². The number of hydrogen-bond donors (Lipinski definition) is 14. The van der Waals surface area contributed by atoms with E-state index >= 15 is 0 Å². The van der Waals surface area contributed by atoms with Crippen molar-refractivity contribution in [2.75, 3.05) is 71.3 Å². The molecule has 0 aromatic heterocycles. The number of likely N-dealkylation sites (N-methyl/N-ethyl adjacent to an activating group) is 1. The third-order valence-corrected chi connectivity index (χ3v) is 12.9. The first-order valence-corrected chi connectivity index (χ1v) is 25.7. The Hall–Kier alpha value is -7.08. The van der Waals surface area contributed by atoms with Gasteiger partial charge in [-0.25, -0.2) is 0 Å². The Balaban J connectivity index is 1.43. The van der Waals surface area contributed by atoms with E-state index in [0.717, 1.165) is 4.90 Å². The van der Waals surface area contributed by atoms with Gasteiger partial charge in [0.25, 0.3) is 0 Å². The Kier molecular flexibility index (Phi) is 27.7. The summed E-state index contributed by atoms with van der Waals surface area (Å²) in [5, 5.41) is 47.2. The maximum Gasteiger partial charge on any atom is 0.246 e. The Bertz CT molecular complexity index is 2280. The second-order valence-electron chi connectivity index (χ2n) is 18.4. The number of amides is 12. The van der Waals surface area contributed by atoms with Gasteiger partial charge in [-0.2, -0.15) is 12.6 Å². The van der Waals surface area contributed by atoms with Crippen molar-refractivity contribution >= 4 is 95.5 Å². The van der Waals surface area contributed by atoms with E-state index in [2.05, 4.69) is 71.1 Å². The third kappa shape index (κ3) is 22.2. The summed E-state index contributed by atoms with van der Waals surface area (Å²) in [7, 11) is 1.54. The van der Waals surface area contributed by atoms with Crippen LogP contribution in [0, 0.1) is 5.92 Å². The van der Waals surface area contributed by atoms with Gasteiger partial charge in [-0.05, 0) is 56.8 Å². The molecular formula is C48H73N13O15S. The number of carbonyl (C=O) groups is 13. The van der Waals surface area contributed by atoms with E-state index in [4.69, 9.17) is 0 Å². The van der Waals surface area contributed by atoms with Gasteiger partial charge < -0.3 is 78.4 Å². The molecule has 13 N–H and O–H groups in total. The molecule has 1 unspecified atom stereocenters. The lowest BCUT2D eigenvalue weighted by atomic mass is 9.98. The molecule has 28 nitrogen and oxygen atoms in total. The first-order chi connectivity index (χ1) is 36.6. The number of anilines is 1. The number of aliphatic hydroxyl groups excluding tert-OH is 2. The van der Waals surface area contributed by atoms with E-state index < -0.39 is 139 Å². The van der Waals surface area contributed by atoms with Gasteiger partial charge in [0.15, 0.2) is 0 Å². The van der Waals surface area contributed by atoms with Crippen LogP contribution in [0.5, 0.6) is 0 Å². The highest BCUT2D eigenvalue weighted by Crippen LogP contribution is 2.20. The Morgan fingerprint density at radius 2 is 1.40 bits per heavy atom. The van der Waals surface area contributed by atoms with Crippen molar-refractivity contribution in [3.05, 3.63) is 29.8 Å². The number of likely N-dealkylation sites (tertiary alicyclic amines) is 2. The molecule has 2 fully saturated rings. The molecule has 0 spiro atoms. The summed E-state index contributed by atoms with van der Waals surface area (Å²) in [5.41, 5.74) is 1.05. The number of nitrogens with zero attached hydrogens (tertiary/aromatic N) is 2. The zero-order valence-electron chi connectivity index (χ0n) is 43.6. The fourth-order valence-electron chi connectivity index (χ4n) is 7.87. The van der Waals surface area contributed by atoms with E-state index in [0.29, 0.717) is 43.3 Å². The molecule has 12 amide bonds. The molecule has 2 heterocycles. The van der Waals surface area contributed by atoms with Gasteiger partial charge in [-0.15, -0.1) is 0 Å². The Morgan fingerprint density at radius 3 is 2.01 bits per heavy atom. The number of carbonyl (C=O) groups excluding carboxylic acids is 13. The smallest absolute Gasteiger partial charge is 0.246 e. The minimum Gasteiger partial charge on any atom is -0.394 e. The minimum absolute atomic E-state index is 0.0450. The summed E-state index contributed by atoms with van der Waals surface area (Å²) in [6.45, 7) is 2.39. The number of aldehydes is 1. The van der Waals surface area contributed by atoms with Crippen LogP contribution in [0.4, 0.5) is 5.69 Å². The third-order valence-electron chi connectivity index (χ3n) is 12.5. The molecule has 0 radical (unpaired) electrons. The number of imide groups is 1. The van der Waals surface area contributed by atoms with Gasteiger partial charge in [0, 0.05) is 50.7 Å². The van der Waals surface area contributed by atoms with Crippen LogP contribution >= 0.6 is 12.6 Å². The van der Waals surface area contributed by atoms with E-state index in [1.54, 1.807) is 43.0 Å². The van der Waals surface area contributed by atoms with Crippen LogP contribution < -0.4 is 58.5 Å². The second kappa shape index (κ2) is 33.2. The normalized spacial score (nSPS) is 17.3. The number of thiol groups is 1. The molecule has 3 rings (SSSR count). The molecule has 2 aliphatic rings. The molecule has 2 aliphatic heterocycles. The fraction of sp³-hybridized carbons (Fsp3) is 0.604. The van der Waals surface area contributed by atoms with Gasteiger partial charge in [-0.3, -0.25) is 62.4 Å². The highest BCUT2D eigenvalue weighted by atomic mass is 32.1. The van der Waals surface area contributed by atoms with Gasteiger partial charge in [0.05, 0.1) is 69.2 Å². The van der Waals surface area contributed by atoms with Gasteiger partial charge in [-0.1, -0.05) is 32.4 Å². The van der Waals surface area contributed by atoms with Crippen LogP contribution in [0.1, 0.15) is 71.3 Å². The van der Waals surface area contributed by atoms with Crippen molar-refractivity contribution in [1.82, 2.24) is 63.0 Å². The average molecular weight is 1100 g/mol. The number of nitrogens with one attached hydrogen (secondary N) is 11. The lowest BCUT2D eigenvalue weighted by molar-refractivity contribution is -0.139. The Labute approximate surface area is 450 Å². The van der Waals surface area contributed by atoms with Crippen LogP contribution in [-0.4, -0.2) is 205 Å². The first-order valence-electron chi connectivity index (χ1n) is 25.2. The Morgan fingerprint density at radius 1 is 0.779 bits per heavy atom. The summed E-state index contributed by atoms with van der Waals surface area (Å²) in [6.07, 6.45) is 0.0566. The fourth-order valence-corrected chi connectivity index (χ4v) is 8.16. The molecule has 0 bridgehead atoms. The van der Waals surface area contributed by atoms with Crippen molar-refractivity contribution in [3.63, 3.8) is 0 Å². The summed E-state index contributed by atoms with van der Waals surface area (Å²) in [4.78, 5) is 164. The summed E-state index contributed by atoms with van der Waals surface area (Å²) < 4.78 is 0. The number of aliphatic hydroxyl groups is 2. The van der Waals surface area contributed by atoms with E-state index in [1.807, 2.05) is 0 Å². The maximum atomic E-state index is 13.8. The summed E-state index contributed by atoms with van der Waals surface area (Å²) in [6, 6.07) is 1.95. The quantitative estimate of drug-likeness (QED) is 0.0177. The van der Waals surface area contributed by atoms with Crippen LogP contribution in [0.2, 0.25) is 0 Å². The second-order valence-corrected chi connectivity index (χ2v) is 19.0. The van der Waals surface area contributed by atoms with E-state index in [1.165, 1.54) is 14.0 Å².